The van der Waals surface area contributed by atoms with Crippen molar-refractivity contribution >= 4 is 23.9 Å². The predicted octanol–water partition coefficient (Wildman–Crippen LogP) is 10.9. The fraction of sp³-hybridized carbons (Fsp3) is 0.608. The second-order valence-corrected chi connectivity index (χ2v) is 17.0. The monoisotopic (exact) mass is 851 g/mol. The Morgan fingerprint density at radius 1 is 0.344 bits per heavy atom. The van der Waals surface area contributed by atoms with E-state index in [1.165, 1.54) is 22.3 Å². The summed E-state index contributed by atoms with van der Waals surface area (Å²) in [6, 6.07) is 0. The van der Waals surface area contributed by atoms with Crippen LogP contribution in [0.4, 0.5) is 0 Å². The largest absolute Gasteiger partial charge is 0.460 e. The van der Waals surface area contributed by atoms with Crippen LogP contribution < -0.4 is 0 Å². The van der Waals surface area contributed by atoms with Gasteiger partial charge in [0.05, 0.1) is 26.2 Å². The fourth-order valence-corrected chi connectivity index (χ4v) is 5.73. The molecule has 344 valence electrons. The first-order valence-corrected chi connectivity index (χ1v) is 22.1. The maximum Gasteiger partial charge on any atom is 0.320 e. The molecule has 0 aromatic carbocycles. The Labute approximate surface area is 370 Å². The molecule has 0 radical (unpaired) electrons. The maximum absolute atomic E-state index is 13.0. The van der Waals surface area contributed by atoms with Gasteiger partial charge in [0.25, 0.3) is 0 Å². The summed E-state index contributed by atoms with van der Waals surface area (Å²) in [5, 5.41) is 0. The van der Waals surface area contributed by atoms with Gasteiger partial charge >= 0.3 is 23.9 Å². The molecule has 0 amide bonds. The highest BCUT2D eigenvalue weighted by molar-refractivity contribution is 5.76. The molecule has 0 aromatic rings. The van der Waals surface area contributed by atoms with Gasteiger partial charge in [-0.3, -0.25) is 29.0 Å². The molecule has 0 aromatic heterocycles. The number of rotatable bonds is 32. The zero-order valence-electron chi connectivity index (χ0n) is 40.2. The van der Waals surface area contributed by atoms with Crippen LogP contribution in [0.2, 0.25) is 0 Å². The van der Waals surface area contributed by atoms with Gasteiger partial charge in [0.2, 0.25) is 0 Å². The molecule has 0 fully saturated rings. The van der Waals surface area contributed by atoms with Crippen LogP contribution in [0.5, 0.6) is 0 Å². The van der Waals surface area contributed by atoms with Gasteiger partial charge in [-0.25, -0.2) is 0 Å². The molecule has 0 heterocycles. The lowest BCUT2D eigenvalue weighted by Crippen LogP contribution is -2.40. The zero-order chi connectivity index (χ0) is 46.0. The molecule has 0 aliphatic heterocycles. The SMILES string of the molecule is CC(C)=CCC/C(C)=C/COC(=O)CN(CCCN(CC(=O)OC/C=C(\C)CCC=C(C)C)CC(=O)OC/C=C(\C)CCC=C(C)C)CC(=O)OC/C=C(\C)CCC=C(C)C. The first-order valence-electron chi connectivity index (χ1n) is 22.1. The number of esters is 4. The third kappa shape index (κ3) is 37.2. The molecule has 0 rings (SSSR count). The number of hydrogen-bond donors (Lipinski definition) is 0. The highest BCUT2D eigenvalue weighted by atomic mass is 16.5. The summed E-state index contributed by atoms with van der Waals surface area (Å²) in [7, 11) is 0. The second-order valence-electron chi connectivity index (χ2n) is 17.0. The topological polar surface area (TPSA) is 112 Å². The summed E-state index contributed by atoms with van der Waals surface area (Å²) in [5.41, 5.74) is 9.57. The summed E-state index contributed by atoms with van der Waals surface area (Å²) in [6.07, 6.45) is 23.9. The van der Waals surface area contributed by atoms with Crippen LogP contribution in [0.25, 0.3) is 0 Å². The van der Waals surface area contributed by atoms with E-state index in [0.717, 1.165) is 73.7 Å². The van der Waals surface area contributed by atoms with E-state index in [1.54, 1.807) is 9.80 Å². The van der Waals surface area contributed by atoms with Crippen LogP contribution in [0, 0.1) is 0 Å². The van der Waals surface area contributed by atoms with E-state index in [0.29, 0.717) is 19.5 Å². The normalized spacial score (nSPS) is 12.2. The van der Waals surface area contributed by atoms with Crippen LogP contribution >= 0.6 is 0 Å². The Hall–Kier alpha value is -4.28. The minimum absolute atomic E-state index is 0.125. The Bertz CT molecular complexity index is 1350. The lowest BCUT2D eigenvalue weighted by Gasteiger charge is -2.24. The average molecular weight is 851 g/mol. The van der Waals surface area contributed by atoms with Gasteiger partial charge in [0, 0.05) is 13.1 Å². The first-order chi connectivity index (χ1) is 28.9. The Morgan fingerprint density at radius 3 is 0.754 bits per heavy atom. The molecule has 0 saturated heterocycles. The van der Waals surface area contributed by atoms with Gasteiger partial charge in [0.15, 0.2) is 0 Å². The van der Waals surface area contributed by atoms with Crippen molar-refractivity contribution in [3.63, 3.8) is 0 Å². The molecule has 0 aliphatic carbocycles. The molecular weight excluding hydrogens is 769 g/mol. The van der Waals surface area contributed by atoms with Crippen molar-refractivity contribution in [1.82, 2.24) is 9.80 Å². The number of carbonyl (C=O) groups excluding carboxylic acids is 4. The first kappa shape index (κ1) is 56.7. The van der Waals surface area contributed by atoms with Crippen molar-refractivity contribution in [3.8, 4) is 0 Å². The van der Waals surface area contributed by atoms with Crippen molar-refractivity contribution < 1.29 is 38.1 Å². The number of ether oxygens (including phenoxy) is 4. The van der Waals surface area contributed by atoms with Gasteiger partial charge in [-0.2, -0.15) is 0 Å². The van der Waals surface area contributed by atoms with Crippen LogP contribution in [0.15, 0.2) is 93.2 Å². The van der Waals surface area contributed by atoms with Crippen molar-refractivity contribution in [3.05, 3.63) is 93.2 Å². The highest BCUT2D eigenvalue weighted by Gasteiger charge is 2.20. The van der Waals surface area contributed by atoms with E-state index in [1.807, 2.05) is 52.0 Å². The Morgan fingerprint density at radius 2 is 0.557 bits per heavy atom. The van der Waals surface area contributed by atoms with Gasteiger partial charge in [-0.1, -0.05) is 68.9 Å². The maximum atomic E-state index is 13.0. The van der Waals surface area contributed by atoms with Crippen molar-refractivity contribution in [1.29, 1.82) is 0 Å². The smallest absolute Gasteiger partial charge is 0.320 e. The Balaban J connectivity index is 5.80. The molecule has 0 spiro atoms. The second kappa shape index (κ2) is 35.3. The van der Waals surface area contributed by atoms with Crippen LogP contribution in [0.3, 0.4) is 0 Å². The van der Waals surface area contributed by atoms with Crippen molar-refractivity contribution in [2.75, 3.05) is 65.7 Å². The average Bonchev–Trinajstić information content (AvgIpc) is 3.14. The van der Waals surface area contributed by atoms with Gasteiger partial charge in [-0.15, -0.1) is 0 Å². The summed E-state index contributed by atoms with van der Waals surface area (Å²) in [5.74, 6) is -1.86. The minimum atomic E-state index is -0.464. The molecule has 10 nitrogen and oxygen atoms in total. The lowest BCUT2D eigenvalue weighted by molar-refractivity contribution is -0.148. The van der Waals surface area contributed by atoms with Crippen LogP contribution in [-0.2, 0) is 38.1 Å². The summed E-state index contributed by atoms with van der Waals surface area (Å²) in [4.78, 5) is 55.4. The van der Waals surface area contributed by atoms with Gasteiger partial charge < -0.3 is 18.9 Å². The van der Waals surface area contributed by atoms with Crippen molar-refractivity contribution in [2.24, 2.45) is 0 Å². The van der Waals surface area contributed by atoms with E-state index in [4.69, 9.17) is 18.9 Å². The third-order valence-electron chi connectivity index (χ3n) is 9.43. The molecule has 0 N–H and O–H groups in total. The summed E-state index contributed by atoms with van der Waals surface area (Å²) in [6.45, 7) is 25.3. The number of hydrogen-bond acceptors (Lipinski definition) is 10. The van der Waals surface area contributed by atoms with Crippen LogP contribution in [0.1, 0.15) is 141 Å². The minimum Gasteiger partial charge on any atom is -0.460 e. The van der Waals surface area contributed by atoms with E-state index < -0.39 is 23.9 Å². The summed E-state index contributed by atoms with van der Waals surface area (Å²) < 4.78 is 22.2. The standard InChI is InChI=1S/C51H82N2O8/c1-40(2)18-13-22-44(9)26-32-58-48(54)36-52(37-49(55)59-33-27-45(10)23-14-19-41(3)4)30-17-31-53(38-50(56)60-34-28-46(11)24-15-20-42(5)6)39-51(57)61-35-29-47(12)25-16-21-43(7)8/h18-21,26-29H,13-17,22-25,30-39H2,1-12H3/b44-26+,45-27+,46-28+,47-29+. The predicted molar refractivity (Wildman–Crippen MR) is 251 cm³/mol. The molecule has 0 atom stereocenters. The van der Waals surface area contributed by atoms with Gasteiger partial charge in [-0.05, 0) is 165 Å². The third-order valence-corrected chi connectivity index (χ3v) is 9.43. The van der Waals surface area contributed by atoms with E-state index in [-0.39, 0.29) is 52.6 Å². The summed E-state index contributed by atoms with van der Waals surface area (Å²) >= 11 is 0. The molecule has 0 unspecified atom stereocenters. The molecule has 0 saturated carbocycles. The number of carbonyl (C=O) groups is 4. The molecular formula is C51H82N2O8. The number of allylic oxidation sites excluding steroid dienone is 12. The van der Waals surface area contributed by atoms with E-state index >= 15 is 0 Å². The van der Waals surface area contributed by atoms with Crippen LogP contribution in [-0.4, -0.2) is 99.4 Å². The Kier molecular flexibility index (Phi) is 32.9. The van der Waals surface area contributed by atoms with E-state index in [2.05, 4.69) is 79.7 Å². The van der Waals surface area contributed by atoms with E-state index in [9.17, 15) is 19.2 Å². The fourth-order valence-electron chi connectivity index (χ4n) is 5.73. The number of nitrogens with zero attached hydrogens (tertiary/aromatic N) is 2. The lowest BCUT2D eigenvalue weighted by atomic mass is 10.1. The molecule has 10 heteroatoms. The quantitative estimate of drug-likeness (QED) is 0.0368. The molecule has 0 bridgehead atoms. The molecule has 0 aliphatic rings. The zero-order valence-corrected chi connectivity index (χ0v) is 40.2. The van der Waals surface area contributed by atoms with Crippen molar-refractivity contribution in [2.45, 2.75) is 141 Å². The highest BCUT2D eigenvalue weighted by Crippen LogP contribution is 2.10. The molecule has 61 heavy (non-hydrogen) atoms. The van der Waals surface area contributed by atoms with Gasteiger partial charge in [0.1, 0.15) is 26.4 Å².